The van der Waals surface area contributed by atoms with Gasteiger partial charge in [0.25, 0.3) is 0 Å². The van der Waals surface area contributed by atoms with E-state index in [0.717, 1.165) is 36.7 Å². The van der Waals surface area contributed by atoms with Crippen molar-refractivity contribution in [2.45, 2.75) is 63.8 Å². The number of carbonyl (C=O) groups excluding carboxylic acids is 1. The zero-order chi connectivity index (χ0) is 21.1. The number of nitrogens with zero attached hydrogens (tertiary/aromatic N) is 2. The Bertz CT molecular complexity index is 883. The Hall–Kier alpha value is -1.83. The minimum Gasteiger partial charge on any atom is -0.370 e. The minimum absolute atomic E-state index is 0.261. The number of hydrogen-bond donors (Lipinski definition) is 2. The van der Waals surface area contributed by atoms with E-state index in [1.807, 2.05) is 0 Å². The van der Waals surface area contributed by atoms with E-state index in [-0.39, 0.29) is 5.91 Å². The molecule has 1 aromatic rings. The summed E-state index contributed by atoms with van der Waals surface area (Å²) in [6, 6.07) is 8.33. The third-order valence-corrected chi connectivity index (χ3v) is 7.38. The highest BCUT2D eigenvalue weighted by atomic mass is 127. The predicted molar refractivity (Wildman–Crippen MR) is 131 cm³/mol. The maximum Gasteiger partial charge on any atom is 0.220 e. The van der Waals surface area contributed by atoms with Gasteiger partial charge in [-0.25, -0.2) is 4.99 Å². The molecule has 0 bridgehead atoms. The third kappa shape index (κ3) is 4.58. The lowest BCUT2D eigenvalue weighted by Crippen LogP contribution is -2.58. The van der Waals surface area contributed by atoms with Crippen molar-refractivity contribution in [3.05, 3.63) is 51.3 Å². The molecule has 1 aliphatic heterocycles. The van der Waals surface area contributed by atoms with Crippen molar-refractivity contribution in [2.24, 2.45) is 16.6 Å². The smallest absolute Gasteiger partial charge is 0.220 e. The number of nitrogens with one attached hydrogen (secondary N) is 1. The first-order valence-electron chi connectivity index (χ1n) is 11.0. The average molecular weight is 518 g/mol. The molecule has 160 valence electrons. The minimum atomic E-state index is -0.448. The molecule has 0 aromatic heterocycles. The maximum atomic E-state index is 12.2. The molecule has 0 saturated heterocycles. The van der Waals surface area contributed by atoms with Crippen LogP contribution in [-0.2, 0) is 4.79 Å². The zero-order valence-electron chi connectivity index (χ0n) is 17.7. The van der Waals surface area contributed by atoms with Gasteiger partial charge < -0.3 is 16.0 Å². The van der Waals surface area contributed by atoms with Crippen LogP contribution in [0.3, 0.4) is 0 Å². The second kappa shape index (κ2) is 9.12. The molecule has 6 heteroatoms. The first-order chi connectivity index (χ1) is 14.5. The summed E-state index contributed by atoms with van der Waals surface area (Å²) in [5.74, 6) is 1.19. The second-order valence-electron chi connectivity index (χ2n) is 8.90. The predicted octanol–water partition coefficient (Wildman–Crippen LogP) is 5.19. The van der Waals surface area contributed by atoms with Gasteiger partial charge in [0.05, 0.1) is 17.7 Å². The molecule has 5 nitrogen and oxygen atoms in total. The summed E-state index contributed by atoms with van der Waals surface area (Å²) in [6.07, 6.45) is 12.9. The molecule has 1 amide bonds. The van der Waals surface area contributed by atoms with Crippen LogP contribution in [0.25, 0.3) is 0 Å². The molecule has 0 spiro atoms. The number of anilines is 1. The molecular formula is C24H31IN4O. The van der Waals surface area contributed by atoms with Crippen LogP contribution in [0.2, 0.25) is 0 Å². The lowest BCUT2D eigenvalue weighted by atomic mass is 9.78. The Kier molecular flexibility index (Phi) is 6.51. The molecule has 30 heavy (non-hydrogen) atoms. The van der Waals surface area contributed by atoms with Gasteiger partial charge in [-0.2, -0.15) is 0 Å². The lowest BCUT2D eigenvalue weighted by Gasteiger charge is -2.49. The molecule has 1 aromatic carbocycles. The molecular weight excluding hydrogens is 487 g/mol. The Labute approximate surface area is 193 Å². The van der Waals surface area contributed by atoms with Gasteiger partial charge in [-0.05, 0) is 97.0 Å². The fourth-order valence-electron chi connectivity index (χ4n) is 5.09. The topological polar surface area (TPSA) is 70.7 Å². The second-order valence-corrected chi connectivity index (χ2v) is 10.1. The van der Waals surface area contributed by atoms with E-state index in [1.54, 1.807) is 0 Å². The fraction of sp³-hybridized carbons (Fsp3) is 0.500. The van der Waals surface area contributed by atoms with Gasteiger partial charge in [-0.1, -0.05) is 25.3 Å². The zero-order valence-corrected chi connectivity index (χ0v) is 19.8. The van der Waals surface area contributed by atoms with Gasteiger partial charge in [-0.3, -0.25) is 4.79 Å². The van der Waals surface area contributed by atoms with E-state index >= 15 is 0 Å². The summed E-state index contributed by atoms with van der Waals surface area (Å²) in [4.78, 5) is 19.6. The highest BCUT2D eigenvalue weighted by molar-refractivity contribution is 14.1. The van der Waals surface area contributed by atoms with E-state index in [1.165, 1.54) is 41.2 Å². The van der Waals surface area contributed by atoms with Crippen molar-refractivity contribution in [1.29, 1.82) is 0 Å². The maximum absolute atomic E-state index is 12.2. The molecule has 1 heterocycles. The Morgan fingerprint density at radius 1 is 1.27 bits per heavy atom. The van der Waals surface area contributed by atoms with Crippen LogP contribution in [0.15, 0.2) is 52.7 Å². The monoisotopic (exact) mass is 518 g/mol. The van der Waals surface area contributed by atoms with Crippen LogP contribution < -0.4 is 11.1 Å². The fourth-order valence-corrected chi connectivity index (χ4v) is 5.45. The number of nitrogens with two attached hydrogens (primary N) is 1. The molecule has 1 saturated carbocycles. The Morgan fingerprint density at radius 3 is 2.70 bits per heavy atom. The summed E-state index contributed by atoms with van der Waals surface area (Å²) in [6.45, 7) is 3.08. The van der Waals surface area contributed by atoms with E-state index in [2.05, 4.69) is 76.1 Å². The van der Waals surface area contributed by atoms with E-state index in [4.69, 9.17) is 10.7 Å². The molecule has 0 radical (unpaired) electrons. The molecule has 4 rings (SSSR count). The number of rotatable bonds is 5. The van der Waals surface area contributed by atoms with Gasteiger partial charge in [0.2, 0.25) is 11.9 Å². The first kappa shape index (κ1) is 21.4. The van der Waals surface area contributed by atoms with Crippen molar-refractivity contribution >= 4 is 40.1 Å². The Morgan fingerprint density at radius 2 is 2.00 bits per heavy atom. The summed E-state index contributed by atoms with van der Waals surface area (Å²) in [5.41, 5.74) is 8.56. The van der Waals surface area contributed by atoms with Gasteiger partial charge in [-0.15, -0.1) is 0 Å². The van der Waals surface area contributed by atoms with Crippen LogP contribution >= 0.6 is 22.6 Å². The van der Waals surface area contributed by atoms with Gasteiger partial charge in [0.15, 0.2) is 0 Å². The van der Waals surface area contributed by atoms with Crippen LogP contribution in [0.5, 0.6) is 0 Å². The van der Waals surface area contributed by atoms with Crippen molar-refractivity contribution in [1.82, 2.24) is 4.90 Å². The van der Waals surface area contributed by atoms with E-state index < -0.39 is 5.54 Å². The summed E-state index contributed by atoms with van der Waals surface area (Å²) < 4.78 is 1.20. The molecule has 2 aliphatic carbocycles. The molecule has 3 N–H and O–H groups in total. The molecule has 1 unspecified atom stereocenters. The quantitative estimate of drug-likeness (QED) is 0.527. The normalized spacial score (nSPS) is 24.5. The van der Waals surface area contributed by atoms with Crippen LogP contribution in [0, 0.1) is 9.49 Å². The highest BCUT2D eigenvalue weighted by Crippen LogP contribution is 2.41. The van der Waals surface area contributed by atoms with E-state index in [9.17, 15) is 4.79 Å². The number of hydrogen-bond acceptors (Lipinski definition) is 4. The Balaban J connectivity index is 1.73. The first-order valence-corrected chi connectivity index (χ1v) is 12.1. The standard InChI is InChI=1S/C24H31IN4O/c1-24(15-22(26)30)20-9-5-6-10-21(20)28-23(27-19-13-11-18(25)12-14-19)29(24)16-17-7-3-2-4-8-17/h6,10-14,17H,2-5,7-9,15-16H2,1H3,(H2,26,30)(H,27,28). The summed E-state index contributed by atoms with van der Waals surface area (Å²) in [7, 11) is 0. The van der Waals surface area contributed by atoms with Gasteiger partial charge >= 0.3 is 0 Å². The van der Waals surface area contributed by atoms with Gasteiger partial charge in [0.1, 0.15) is 0 Å². The number of guanidine groups is 1. The number of carbonyl (C=O) groups is 1. The summed E-state index contributed by atoms with van der Waals surface area (Å²) in [5, 5.41) is 3.56. The van der Waals surface area contributed by atoms with E-state index in [0.29, 0.717) is 12.3 Å². The van der Waals surface area contributed by atoms with Crippen molar-refractivity contribution in [3.63, 3.8) is 0 Å². The van der Waals surface area contributed by atoms with Crippen LogP contribution in [0.1, 0.15) is 58.3 Å². The van der Waals surface area contributed by atoms with Crippen molar-refractivity contribution in [3.8, 4) is 0 Å². The number of halogens is 1. The van der Waals surface area contributed by atoms with Gasteiger partial charge in [0, 0.05) is 15.8 Å². The number of amides is 1. The average Bonchev–Trinajstić information content (AvgIpc) is 2.73. The van der Waals surface area contributed by atoms with Crippen LogP contribution in [-0.4, -0.2) is 28.9 Å². The molecule has 3 aliphatic rings. The van der Waals surface area contributed by atoms with Crippen molar-refractivity contribution in [2.75, 3.05) is 11.9 Å². The molecule has 1 atom stereocenters. The molecule has 1 fully saturated rings. The highest BCUT2D eigenvalue weighted by Gasteiger charge is 2.44. The number of aliphatic imine (C=N–C) groups is 1. The van der Waals surface area contributed by atoms with Crippen molar-refractivity contribution < 1.29 is 4.79 Å². The SMILES string of the molecule is CC1(CC(N)=O)C2=C(C=CCC2)N=C(Nc2ccc(I)cc2)N1CC1CCCCC1. The summed E-state index contributed by atoms with van der Waals surface area (Å²) >= 11 is 2.31. The number of primary amides is 1. The number of allylic oxidation sites excluding steroid dienone is 2. The lowest BCUT2D eigenvalue weighted by molar-refractivity contribution is -0.119. The van der Waals surface area contributed by atoms with Crippen LogP contribution in [0.4, 0.5) is 5.69 Å². The largest absolute Gasteiger partial charge is 0.370 e. The third-order valence-electron chi connectivity index (χ3n) is 6.66. The number of benzene rings is 1.